The first-order valence-electron chi connectivity index (χ1n) is 22.7. The molecule has 0 unspecified atom stereocenters. The Kier molecular flexibility index (Phi) is 27.9. The molecule has 0 bridgehead atoms. The van der Waals surface area contributed by atoms with Crippen LogP contribution in [0, 0.1) is 0 Å². The van der Waals surface area contributed by atoms with E-state index >= 15 is 0 Å². The topological polar surface area (TPSA) is 121 Å². The average molecular weight is 852 g/mol. The summed E-state index contributed by atoms with van der Waals surface area (Å²) in [6.45, 7) is 11.6. The van der Waals surface area contributed by atoms with Crippen molar-refractivity contribution < 1.29 is 52.2 Å². The normalized spacial score (nSPS) is 12.1. The van der Waals surface area contributed by atoms with Gasteiger partial charge in [-0.05, 0) is 59.2 Å². The quantitative estimate of drug-likeness (QED) is 0.0557. The smallest absolute Gasteiger partial charge is 0.407 e. The predicted molar refractivity (Wildman–Crippen MR) is 238 cm³/mol. The van der Waals surface area contributed by atoms with Gasteiger partial charge >= 0.3 is 6.09 Å². The monoisotopic (exact) mass is 852 g/mol. The number of amides is 1. The lowest BCUT2D eigenvalue weighted by Crippen LogP contribution is -2.27. The zero-order valence-corrected chi connectivity index (χ0v) is 36.8. The predicted octanol–water partition coefficient (Wildman–Crippen LogP) is 8.42. The molecule has 61 heavy (non-hydrogen) atoms. The summed E-state index contributed by atoms with van der Waals surface area (Å²) >= 11 is 0. The van der Waals surface area contributed by atoms with Crippen LogP contribution < -0.4 is 10.1 Å². The summed E-state index contributed by atoms with van der Waals surface area (Å²) in [6, 6.07) is 25.0. The first kappa shape index (κ1) is 50.1. The Labute approximate surface area is 365 Å². The molecule has 0 fully saturated rings. The molecule has 340 valence electrons. The molecular weight excluding hydrogens is 779 g/mol. The zero-order chi connectivity index (χ0) is 42.7. The third kappa shape index (κ3) is 22.4. The maximum atomic E-state index is 12.3. The lowest BCUT2D eigenvalue weighted by Gasteiger charge is -2.14. The molecule has 0 spiro atoms. The summed E-state index contributed by atoms with van der Waals surface area (Å²) in [4.78, 5) is 12.3. The van der Waals surface area contributed by atoms with Gasteiger partial charge in [0.05, 0.1) is 99.1 Å². The second-order valence-corrected chi connectivity index (χ2v) is 14.9. The molecule has 0 saturated heterocycles. The van der Waals surface area contributed by atoms with Crippen LogP contribution in [-0.2, 0) is 49.1 Å². The molecule has 1 amide bonds. The van der Waals surface area contributed by atoms with Gasteiger partial charge in [0, 0.05) is 19.1 Å². The van der Waals surface area contributed by atoms with Gasteiger partial charge in [0.25, 0.3) is 0 Å². The largest absolute Gasteiger partial charge is 0.491 e. The van der Waals surface area contributed by atoms with E-state index in [0.717, 1.165) is 12.2 Å². The van der Waals surface area contributed by atoms with Gasteiger partial charge in [0.1, 0.15) is 19.0 Å². The number of ether oxygens (including phenoxy) is 10. The summed E-state index contributed by atoms with van der Waals surface area (Å²) in [5.74, 6) is 0.934. The zero-order valence-electron chi connectivity index (χ0n) is 36.8. The summed E-state index contributed by atoms with van der Waals surface area (Å²) < 4.78 is 55.8. The molecule has 3 aromatic carbocycles. The molecule has 0 saturated carbocycles. The lowest BCUT2D eigenvalue weighted by molar-refractivity contribution is -0.0236. The fourth-order valence-corrected chi connectivity index (χ4v) is 6.91. The highest BCUT2D eigenvalue weighted by atomic mass is 16.6. The van der Waals surface area contributed by atoms with E-state index in [1.54, 1.807) is 0 Å². The third-order valence-electron chi connectivity index (χ3n) is 10.2. The van der Waals surface area contributed by atoms with E-state index in [2.05, 4.69) is 60.8 Å². The highest BCUT2D eigenvalue weighted by molar-refractivity contribution is 5.79. The Balaban J connectivity index is 0.790. The number of nitrogens with one attached hydrogen (secondary N) is 1. The van der Waals surface area contributed by atoms with Crippen molar-refractivity contribution in [2.75, 3.05) is 125 Å². The minimum absolute atomic E-state index is 0.0504. The van der Waals surface area contributed by atoms with Gasteiger partial charge < -0.3 is 52.7 Å². The van der Waals surface area contributed by atoms with Crippen LogP contribution in [-0.4, -0.2) is 132 Å². The number of alkyl carbamates (subject to hydrolysis) is 1. The van der Waals surface area contributed by atoms with E-state index in [1.807, 2.05) is 24.3 Å². The van der Waals surface area contributed by atoms with Crippen molar-refractivity contribution in [3.63, 3.8) is 0 Å². The van der Waals surface area contributed by atoms with Crippen LogP contribution in [0.15, 0.2) is 72.8 Å². The summed E-state index contributed by atoms with van der Waals surface area (Å²) in [6.07, 6.45) is 10.8. The first-order valence-corrected chi connectivity index (χ1v) is 22.7. The molecule has 12 heteroatoms. The van der Waals surface area contributed by atoms with E-state index in [4.69, 9.17) is 47.4 Å². The molecule has 0 aliphatic heterocycles. The summed E-state index contributed by atoms with van der Waals surface area (Å²) in [5, 5.41) is 2.81. The Morgan fingerprint density at radius 2 is 0.902 bits per heavy atom. The van der Waals surface area contributed by atoms with Crippen LogP contribution in [0.2, 0.25) is 0 Å². The van der Waals surface area contributed by atoms with Crippen molar-refractivity contribution in [3.05, 3.63) is 89.5 Å². The van der Waals surface area contributed by atoms with Gasteiger partial charge in [-0.1, -0.05) is 106 Å². The standard InChI is InChI=1S/C49H73NO11/c1-2-3-4-5-6-7-8-14-42-19-21-43(22-20-42)60-40-39-59-38-37-58-36-35-57-34-33-56-32-31-55-30-29-54-28-27-53-26-25-52-24-13-23-50-49(51)61-41-48-46-17-11-9-15-44(46)45-16-10-12-18-47(45)48/h9-12,15-22,48H,2-8,13-14,23-41H2,1H3,(H,50,51). The number of carbonyl (C=O) groups is 1. The fraction of sp³-hybridized carbons (Fsp3) is 0.612. The van der Waals surface area contributed by atoms with E-state index in [1.165, 1.54) is 72.8 Å². The van der Waals surface area contributed by atoms with Gasteiger partial charge in [-0.15, -0.1) is 0 Å². The van der Waals surface area contributed by atoms with Gasteiger partial charge in [-0.3, -0.25) is 0 Å². The number of hydrogen-bond acceptors (Lipinski definition) is 11. The van der Waals surface area contributed by atoms with Crippen LogP contribution in [0.5, 0.6) is 5.75 Å². The molecule has 0 heterocycles. The first-order chi connectivity index (χ1) is 30.3. The minimum atomic E-state index is -0.412. The van der Waals surface area contributed by atoms with Gasteiger partial charge in [-0.2, -0.15) is 0 Å². The summed E-state index contributed by atoms with van der Waals surface area (Å²) in [7, 11) is 0. The number of rotatable bonds is 39. The summed E-state index contributed by atoms with van der Waals surface area (Å²) in [5.41, 5.74) is 6.19. The van der Waals surface area contributed by atoms with E-state index < -0.39 is 6.09 Å². The van der Waals surface area contributed by atoms with Gasteiger partial charge in [-0.25, -0.2) is 4.79 Å². The van der Waals surface area contributed by atoms with Gasteiger partial charge in [0.2, 0.25) is 0 Å². The molecule has 12 nitrogen and oxygen atoms in total. The second-order valence-electron chi connectivity index (χ2n) is 14.9. The Morgan fingerprint density at radius 3 is 1.39 bits per heavy atom. The number of unbranched alkanes of at least 4 members (excludes halogenated alkanes) is 6. The van der Waals surface area contributed by atoms with Crippen molar-refractivity contribution in [1.82, 2.24) is 5.32 Å². The van der Waals surface area contributed by atoms with Crippen LogP contribution in [0.3, 0.4) is 0 Å². The molecule has 1 aliphatic rings. The van der Waals surface area contributed by atoms with E-state index in [9.17, 15) is 4.79 Å². The highest BCUT2D eigenvalue weighted by Crippen LogP contribution is 2.44. The number of carbonyl (C=O) groups excluding carboxylic acids is 1. The molecule has 4 rings (SSSR count). The molecular formula is C49H73NO11. The second kappa shape index (κ2) is 34.0. The van der Waals surface area contributed by atoms with E-state index in [-0.39, 0.29) is 5.92 Å². The maximum Gasteiger partial charge on any atom is 0.407 e. The number of benzene rings is 3. The Morgan fingerprint density at radius 1 is 0.475 bits per heavy atom. The minimum Gasteiger partial charge on any atom is -0.491 e. The van der Waals surface area contributed by atoms with Gasteiger partial charge in [0.15, 0.2) is 0 Å². The Hall–Kier alpha value is -3.59. The van der Waals surface area contributed by atoms with Crippen LogP contribution in [0.1, 0.15) is 80.9 Å². The van der Waals surface area contributed by atoms with Crippen molar-refractivity contribution in [2.45, 2.75) is 70.6 Å². The molecule has 0 atom stereocenters. The Bertz CT molecular complexity index is 1480. The third-order valence-corrected chi connectivity index (χ3v) is 10.2. The average Bonchev–Trinajstić information content (AvgIpc) is 3.61. The lowest BCUT2D eigenvalue weighted by atomic mass is 9.98. The molecule has 0 aromatic heterocycles. The number of aryl methyl sites for hydroxylation is 1. The van der Waals surface area contributed by atoms with Crippen molar-refractivity contribution in [3.8, 4) is 16.9 Å². The van der Waals surface area contributed by atoms with Crippen molar-refractivity contribution in [1.29, 1.82) is 0 Å². The number of fused-ring (bicyclic) bond motifs is 3. The van der Waals surface area contributed by atoms with Crippen molar-refractivity contribution in [2.24, 2.45) is 0 Å². The van der Waals surface area contributed by atoms with Crippen LogP contribution >= 0.6 is 0 Å². The molecule has 3 aromatic rings. The molecule has 1 N–H and O–H groups in total. The van der Waals surface area contributed by atoms with Crippen LogP contribution in [0.4, 0.5) is 4.79 Å². The van der Waals surface area contributed by atoms with Crippen LogP contribution in [0.25, 0.3) is 11.1 Å². The molecule has 0 radical (unpaired) electrons. The number of hydrogen-bond donors (Lipinski definition) is 1. The van der Waals surface area contributed by atoms with Crippen molar-refractivity contribution >= 4 is 6.09 Å². The fourth-order valence-electron chi connectivity index (χ4n) is 6.91. The van der Waals surface area contributed by atoms with E-state index in [0.29, 0.717) is 132 Å². The highest BCUT2D eigenvalue weighted by Gasteiger charge is 2.29. The molecule has 1 aliphatic carbocycles. The SMILES string of the molecule is CCCCCCCCCc1ccc(OCCOCCOCCOCCOCCOCCOCCOCCOCCCNC(=O)OCC2c3ccccc3-c3ccccc32)cc1. The maximum absolute atomic E-state index is 12.3.